The van der Waals surface area contributed by atoms with Crippen molar-refractivity contribution in [1.82, 2.24) is 4.98 Å². The molecule has 1 aliphatic rings. The summed E-state index contributed by atoms with van der Waals surface area (Å²) in [5.74, 6) is 0.507. The number of aromatic nitrogens is 1. The standard InChI is InChI=1S/C10H16N2O2S2/c1-7(5-11)8-6-15-10(12-8)9-3-2-4-16(9,13)14/h6-7,9H,2-5,11H2,1H3. The lowest BCUT2D eigenvalue weighted by Crippen LogP contribution is -2.11. The summed E-state index contributed by atoms with van der Waals surface area (Å²) >= 11 is 1.45. The molecule has 0 aliphatic carbocycles. The Morgan fingerprint density at radius 3 is 3.00 bits per heavy atom. The molecule has 0 aromatic carbocycles. The topological polar surface area (TPSA) is 73.1 Å². The molecule has 1 aromatic rings. The lowest BCUT2D eigenvalue weighted by Gasteiger charge is -2.06. The third kappa shape index (κ3) is 2.14. The van der Waals surface area contributed by atoms with E-state index in [1.165, 1.54) is 11.3 Å². The molecule has 2 rings (SSSR count). The first-order chi connectivity index (χ1) is 7.54. The average molecular weight is 260 g/mol. The van der Waals surface area contributed by atoms with Crippen LogP contribution in [-0.2, 0) is 9.84 Å². The largest absolute Gasteiger partial charge is 0.330 e. The summed E-state index contributed by atoms with van der Waals surface area (Å²) in [6.45, 7) is 2.54. The van der Waals surface area contributed by atoms with E-state index < -0.39 is 9.84 Å². The molecule has 2 N–H and O–H groups in total. The Labute approximate surface area is 99.8 Å². The molecule has 1 saturated heterocycles. The average Bonchev–Trinajstić information content (AvgIpc) is 2.82. The van der Waals surface area contributed by atoms with Gasteiger partial charge in [0, 0.05) is 17.8 Å². The van der Waals surface area contributed by atoms with E-state index in [1.54, 1.807) is 0 Å². The first kappa shape index (κ1) is 12.0. The van der Waals surface area contributed by atoms with Crippen molar-refractivity contribution in [3.63, 3.8) is 0 Å². The highest BCUT2D eigenvalue weighted by Crippen LogP contribution is 2.36. The van der Waals surface area contributed by atoms with Gasteiger partial charge in [-0.2, -0.15) is 0 Å². The van der Waals surface area contributed by atoms with Crippen molar-refractivity contribution in [3.05, 3.63) is 16.1 Å². The number of nitrogens with two attached hydrogens (primary N) is 1. The summed E-state index contributed by atoms with van der Waals surface area (Å²) in [4.78, 5) is 4.42. The second kappa shape index (κ2) is 4.43. The molecule has 0 spiro atoms. The molecule has 0 bridgehead atoms. The molecule has 2 unspecified atom stereocenters. The van der Waals surface area contributed by atoms with Gasteiger partial charge in [0.2, 0.25) is 0 Å². The molecule has 1 fully saturated rings. The van der Waals surface area contributed by atoms with Crippen LogP contribution in [0.3, 0.4) is 0 Å². The van der Waals surface area contributed by atoms with E-state index in [0.717, 1.165) is 17.1 Å². The summed E-state index contributed by atoms with van der Waals surface area (Å²) < 4.78 is 23.5. The van der Waals surface area contributed by atoms with Gasteiger partial charge in [-0.1, -0.05) is 6.92 Å². The van der Waals surface area contributed by atoms with Gasteiger partial charge in [-0.15, -0.1) is 11.3 Å². The minimum Gasteiger partial charge on any atom is -0.330 e. The van der Waals surface area contributed by atoms with Crippen LogP contribution >= 0.6 is 11.3 Å². The van der Waals surface area contributed by atoms with Crippen molar-refractivity contribution in [2.75, 3.05) is 12.3 Å². The van der Waals surface area contributed by atoms with E-state index in [1.807, 2.05) is 12.3 Å². The van der Waals surface area contributed by atoms with E-state index in [-0.39, 0.29) is 11.2 Å². The third-order valence-corrected chi connectivity index (χ3v) is 6.31. The van der Waals surface area contributed by atoms with Crippen LogP contribution in [0, 0.1) is 0 Å². The second-order valence-corrected chi connectivity index (χ2v) is 7.44. The predicted molar refractivity (Wildman–Crippen MR) is 65.3 cm³/mol. The van der Waals surface area contributed by atoms with Crippen LogP contribution in [0.1, 0.15) is 41.6 Å². The zero-order valence-corrected chi connectivity index (χ0v) is 10.9. The summed E-state index contributed by atoms with van der Waals surface area (Å²) in [7, 11) is -2.94. The molecule has 1 aromatic heterocycles. The van der Waals surface area contributed by atoms with Crippen molar-refractivity contribution in [2.45, 2.75) is 30.9 Å². The number of hydrogen-bond acceptors (Lipinski definition) is 5. The monoisotopic (exact) mass is 260 g/mol. The molecule has 0 radical (unpaired) electrons. The Morgan fingerprint density at radius 2 is 2.44 bits per heavy atom. The van der Waals surface area contributed by atoms with E-state index >= 15 is 0 Å². The van der Waals surface area contributed by atoms with E-state index in [9.17, 15) is 8.42 Å². The van der Waals surface area contributed by atoms with Crippen LogP contribution in [0.15, 0.2) is 5.38 Å². The molecule has 0 amide bonds. The molecule has 0 saturated carbocycles. The van der Waals surface area contributed by atoms with Gasteiger partial charge in [0.05, 0.1) is 11.4 Å². The number of nitrogens with zero attached hydrogens (tertiary/aromatic N) is 1. The third-order valence-electron chi connectivity index (χ3n) is 3.00. The van der Waals surface area contributed by atoms with Crippen LogP contribution < -0.4 is 5.73 Å². The Bertz CT molecular complexity index is 467. The van der Waals surface area contributed by atoms with Crippen molar-refractivity contribution in [2.24, 2.45) is 5.73 Å². The van der Waals surface area contributed by atoms with E-state index in [0.29, 0.717) is 18.7 Å². The van der Waals surface area contributed by atoms with Gasteiger partial charge in [0.15, 0.2) is 9.84 Å². The maximum Gasteiger partial charge on any atom is 0.159 e. The van der Waals surface area contributed by atoms with Crippen molar-refractivity contribution >= 4 is 21.2 Å². The molecule has 16 heavy (non-hydrogen) atoms. The fourth-order valence-electron chi connectivity index (χ4n) is 1.86. The lowest BCUT2D eigenvalue weighted by atomic mass is 10.1. The van der Waals surface area contributed by atoms with Gasteiger partial charge in [-0.3, -0.25) is 0 Å². The van der Waals surface area contributed by atoms with Gasteiger partial charge < -0.3 is 5.73 Å². The molecule has 1 aliphatic heterocycles. The number of sulfone groups is 1. The highest BCUT2D eigenvalue weighted by Gasteiger charge is 2.34. The van der Waals surface area contributed by atoms with Crippen LogP contribution in [0.2, 0.25) is 0 Å². The summed E-state index contributed by atoms with van der Waals surface area (Å²) in [6.07, 6.45) is 1.47. The Balaban J connectivity index is 2.25. The zero-order chi connectivity index (χ0) is 11.8. The lowest BCUT2D eigenvalue weighted by molar-refractivity contribution is 0.591. The Morgan fingerprint density at radius 1 is 1.69 bits per heavy atom. The smallest absolute Gasteiger partial charge is 0.159 e. The molecule has 2 atom stereocenters. The fourth-order valence-corrected chi connectivity index (χ4v) is 5.16. The quantitative estimate of drug-likeness (QED) is 0.893. The van der Waals surface area contributed by atoms with E-state index in [4.69, 9.17) is 5.73 Å². The zero-order valence-electron chi connectivity index (χ0n) is 9.22. The molecular formula is C10H16N2O2S2. The van der Waals surface area contributed by atoms with Crippen LogP contribution in [-0.4, -0.2) is 25.7 Å². The predicted octanol–water partition coefficient (Wildman–Crippen LogP) is 1.46. The number of hydrogen-bond donors (Lipinski definition) is 1. The minimum absolute atomic E-state index is 0.203. The number of thiazole rings is 1. The van der Waals surface area contributed by atoms with Crippen molar-refractivity contribution in [1.29, 1.82) is 0 Å². The normalized spacial score (nSPS) is 25.8. The molecule has 4 nitrogen and oxygen atoms in total. The van der Waals surface area contributed by atoms with Gasteiger partial charge >= 0.3 is 0 Å². The van der Waals surface area contributed by atoms with Crippen LogP contribution in [0.25, 0.3) is 0 Å². The first-order valence-corrected chi connectivity index (χ1v) is 8.01. The highest BCUT2D eigenvalue weighted by molar-refractivity contribution is 7.92. The molecule has 6 heteroatoms. The molecule has 2 heterocycles. The van der Waals surface area contributed by atoms with Crippen molar-refractivity contribution in [3.8, 4) is 0 Å². The maximum atomic E-state index is 11.8. The summed E-state index contributed by atoms with van der Waals surface area (Å²) in [5, 5.41) is 2.31. The van der Waals surface area contributed by atoms with Gasteiger partial charge in [-0.25, -0.2) is 13.4 Å². The van der Waals surface area contributed by atoms with Gasteiger partial charge in [-0.05, 0) is 12.8 Å². The second-order valence-electron chi connectivity index (χ2n) is 4.25. The SMILES string of the molecule is CC(CN)c1csc(C2CCCS2(=O)=O)n1. The first-order valence-electron chi connectivity index (χ1n) is 5.41. The summed E-state index contributed by atoms with van der Waals surface area (Å²) in [6, 6.07) is 0. The Kier molecular flexibility index (Phi) is 3.32. The molecule has 90 valence electrons. The number of rotatable bonds is 3. The van der Waals surface area contributed by atoms with Gasteiger partial charge in [0.25, 0.3) is 0 Å². The van der Waals surface area contributed by atoms with Crippen LogP contribution in [0.4, 0.5) is 0 Å². The van der Waals surface area contributed by atoms with Crippen LogP contribution in [0.5, 0.6) is 0 Å². The molecular weight excluding hydrogens is 244 g/mol. The maximum absolute atomic E-state index is 11.8. The van der Waals surface area contributed by atoms with Gasteiger partial charge in [0.1, 0.15) is 10.3 Å². The fraction of sp³-hybridized carbons (Fsp3) is 0.700. The Hall–Kier alpha value is -0.460. The minimum atomic E-state index is -2.94. The van der Waals surface area contributed by atoms with Crippen molar-refractivity contribution < 1.29 is 8.42 Å². The summed E-state index contributed by atoms with van der Waals surface area (Å²) in [5.41, 5.74) is 6.49. The highest BCUT2D eigenvalue weighted by atomic mass is 32.2. The van der Waals surface area contributed by atoms with E-state index in [2.05, 4.69) is 4.98 Å².